The van der Waals surface area contributed by atoms with Gasteiger partial charge in [-0.2, -0.15) is 11.8 Å². The number of hydrogen-bond donors (Lipinski definition) is 2. The summed E-state index contributed by atoms with van der Waals surface area (Å²) in [7, 11) is 0. The van der Waals surface area contributed by atoms with Crippen molar-refractivity contribution in [3.8, 4) is 0 Å². The molecule has 0 bridgehead atoms. The van der Waals surface area contributed by atoms with Gasteiger partial charge in [0.15, 0.2) is 0 Å². The molecule has 1 saturated carbocycles. The predicted molar refractivity (Wildman–Crippen MR) is 66.5 cm³/mol. The van der Waals surface area contributed by atoms with E-state index in [1.807, 2.05) is 11.8 Å². The maximum absolute atomic E-state index is 12.0. The van der Waals surface area contributed by atoms with Gasteiger partial charge in [-0.25, -0.2) is 0 Å². The van der Waals surface area contributed by atoms with Crippen molar-refractivity contribution < 1.29 is 9.90 Å². The summed E-state index contributed by atoms with van der Waals surface area (Å²) in [5.41, 5.74) is -1.09. The second-order valence-electron chi connectivity index (χ2n) is 5.10. The van der Waals surface area contributed by atoms with Crippen molar-refractivity contribution >= 4 is 17.7 Å². The van der Waals surface area contributed by atoms with E-state index in [9.17, 15) is 9.90 Å². The molecule has 4 heteroatoms. The fourth-order valence-corrected chi connectivity index (χ4v) is 3.50. The summed E-state index contributed by atoms with van der Waals surface area (Å²) in [5, 5.41) is 13.2. The first kappa shape index (κ1) is 12.2. The molecule has 2 N–H and O–H groups in total. The number of hydrogen-bond acceptors (Lipinski definition) is 3. The highest BCUT2D eigenvalue weighted by Crippen LogP contribution is 2.31. The van der Waals surface area contributed by atoms with Gasteiger partial charge in [0.2, 0.25) is 0 Å². The third kappa shape index (κ3) is 2.54. The van der Waals surface area contributed by atoms with Crippen LogP contribution in [0.1, 0.15) is 39.0 Å². The van der Waals surface area contributed by atoms with Crippen molar-refractivity contribution in [2.24, 2.45) is 5.92 Å². The third-order valence-electron chi connectivity index (χ3n) is 3.96. The fraction of sp³-hybridized carbons (Fsp3) is 0.917. The SMILES string of the molecule is CC(NC(=O)C1(O)CCSCC1)C1CCC1. The second-order valence-corrected chi connectivity index (χ2v) is 6.32. The Morgan fingerprint density at radius 2 is 2.06 bits per heavy atom. The Morgan fingerprint density at radius 3 is 2.56 bits per heavy atom. The summed E-state index contributed by atoms with van der Waals surface area (Å²) in [5.74, 6) is 2.27. The van der Waals surface area contributed by atoms with Crippen LogP contribution in [0.15, 0.2) is 0 Å². The number of carbonyl (C=O) groups is 1. The van der Waals surface area contributed by atoms with E-state index in [2.05, 4.69) is 12.2 Å². The average Bonchev–Trinajstić information content (AvgIpc) is 2.15. The van der Waals surface area contributed by atoms with Gasteiger partial charge in [-0.3, -0.25) is 4.79 Å². The molecule has 2 rings (SSSR count). The van der Waals surface area contributed by atoms with Crippen LogP contribution in [0.5, 0.6) is 0 Å². The maximum Gasteiger partial charge on any atom is 0.252 e. The van der Waals surface area contributed by atoms with Gasteiger partial charge >= 0.3 is 0 Å². The Bertz CT molecular complexity index is 260. The highest BCUT2D eigenvalue weighted by molar-refractivity contribution is 7.99. The fourth-order valence-electron chi connectivity index (χ4n) is 2.33. The van der Waals surface area contributed by atoms with Crippen molar-refractivity contribution in [3.05, 3.63) is 0 Å². The van der Waals surface area contributed by atoms with E-state index in [-0.39, 0.29) is 11.9 Å². The summed E-state index contributed by atoms with van der Waals surface area (Å²) in [6, 6.07) is 0.222. The molecular weight excluding hydrogens is 222 g/mol. The molecule has 2 fully saturated rings. The van der Waals surface area contributed by atoms with Gasteiger partial charge in [0, 0.05) is 6.04 Å². The monoisotopic (exact) mass is 243 g/mol. The Balaban J connectivity index is 1.85. The molecular formula is C12H21NO2S. The Morgan fingerprint density at radius 1 is 1.44 bits per heavy atom. The van der Waals surface area contributed by atoms with E-state index < -0.39 is 5.60 Å². The molecule has 92 valence electrons. The van der Waals surface area contributed by atoms with Crippen LogP contribution in [-0.4, -0.2) is 34.2 Å². The largest absolute Gasteiger partial charge is 0.380 e. The van der Waals surface area contributed by atoms with Crippen molar-refractivity contribution in [3.63, 3.8) is 0 Å². The minimum absolute atomic E-state index is 0.146. The summed E-state index contributed by atoms with van der Waals surface area (Å²) in [4.78, 5) is 12.0. The standard InChI is InChI=1S/C12H21NO2S/c1-9(10-3-2-4-10)13-11(14)12(15)5-7-16-8-6-12/h9-10,15H,2-8H2,1H3,(H,13,14). The Kier molecular flexibility index (Phi) is 3.80. The molecule has 0 aromatic rings. The van der Waals surface area contributed by atoms with Gasteiger partial charge in [-0.15, -0.1) is 0 Å². The second kappa shape index (κ2) is 4.96. The summed E-state index contributed by atoms with van der Waals surface area (Å²) in [6.45, 7) is 2.06. The zero-order valence-corrected chi connectivity index (χ0v) is 10.7. The van der Waals surface area contributed by atoms with Crippen LogP contribution in [0, 0.1) is 5.92 Å². The van der Waals surface area contributed by atoms with Gasteiger partial charge < -0.3 is 10.4 Å². The molecule has 2 aliphatic rings. The minimum Gasteiger partial charge on any atom is -0.380 e. The molecule has 3 nitrogen and oxygen atoms in total. The van der Waals surface area contributed by atoms with E-state index >= 15 is 0 Å². The number of thioether (sulfide) groups is 1. The van der Waals surface area contributed by atoms with Crippen molar-refractivity contribution in [2.75, 3.05) is 11.5 Å². The molecule has 1 amide bonds. The first-order valence-corrected chi connectivity index (χ1v) is 7.38. The Hall–Kier alpha value is -0.220. The summed E-state index contributed by atoms with van der Waals surface area (Å²) >= 11 is 1.82. The van der Waals surface area contributed by atoms with E-state index in [1.54, 1.807) is 0 Å². The smallest absolute Gasteiger partial charge is 0.252 e. The van der Waals surface area contributed by atoms with Crippen molar-refractivity contribution in [1.29, 1.82) is 0 Å². The number of nitrogens with one attached hydrogen (secondary N) is 1. The van der Waals surface area contributed by atoms with Gasteiger partial charge in [-0.1, -0.05) is 6.42 Å². The molecule has 0 spiro atoms. The zero-order chi connectivity index (χ0) is 11.6. The van der Waals surface area contributed by atoms with E-state index in [0.717, 1.165) is 11.5 Å². The highest BCUT2D eigenvalue weighted by atomic mass is 32.2. The van der Waals surface area contributed by atoms with Crippen LogP contribution in [-0.2, 0) is 4.79 Å². The number of aliphatic hydroxyl groups is 1. The number of carbonyl (C=O) groups excluding carboxylic acids is 1. The predicted octanol–water partition coefficient (Wildman–Crippen LogP) is 1.55. The molecule has 0 aromatic carbocycles. The first-order valence-electron chi connectivity index (χ1n) is 6.23. The van der Waals surface area contributed by atoms with Crippen LogP contribution in [0.2, 0.25) is 0 Å². The lowest BCUT2D eigenvalue weighted by Gasteiger charge is -2.36. The van der Waals surface area contributed by atoms with Crippen LogP contribution in [0.3, 0.4) is 0 Å². The molecule has 0 aromatic heterocycles. The lowest BCUT2D eigenvalue weighted by Crippen LogP contribution is -2.53. The van der Waals surface area contributed by atoms with E-state index in [4.69, 9.17) is 0 Å². The molecule has 1 heterocycles. The molecule has 0 radical (unpaired) electrons. The molecule has 1 atom stereocenters. The van der Waals surface area contributed by atoms with E-state index in [0.29, 0.717) is 18.8 Å². The van der Waals surface area contributed by atoms with Crippen molar-refractivity contribution in [2.45, 2.75) is 50.7 Å². The van der Waals surface area contributed by atoms with Crippen LogP contribution in [0.25, 0.3) is 0 Å². The topological polar surface area (TPSA) is 49.3 Å². The van der Waals surface area contributed by atoms with Crippen molar-refractivity contribution in [1.82, 2.24) is 5.32 Å². The van der Waals surface area contributed by atoms with Crippen LogP contribution < -0.4 is 5.32 Å². The Labute approximate surface area is 101 Å². The molecule has 1 unspecified atom stereocenters. The van der Waals surface area contributed by atoms with Gasteiger partial charge in [0.1, 0.15) is 5.60 Å². The van der Waals surface area contributed by atoms with Gasteiger partial charge in [0.25, 0.3) is 5.91 Å². The molecule has 1 aliphatic carbocycles. The maximum atomic E-state index is 12.0. The average molecular weight is 243 g/mol. The minimum atomic E-state index is -1.09. The van der Waals surface area contributed by atoms with Crippen LogP contribution in [0.4, 0.5) is 0 Å². The van der Waals surface area contributed by atoms with E-state index in [1.165, 1.54) is 19.3 Å². The van der Waals surface area contributed by atoms with Crippen LogP contribution >= 0.6 is 11.8 Å². The number of amides is 1. The van der Waals surface area contributed by atoms with Gasteiger partial charge in [-0.05, 0) is 50.0 Å². The normalized spacial score (nSPS) is 26.9. The quantitative estimate of drug-likeness (QED) is 0.790. The zero-order valence-electron chi connectivity index (χ0n) is 9.87. The molecule has 1 saturated heterocycles. The summed E-state index contributed by atoms with van der Waals surface area (Å²) in [6.07, 6.45) is 4.92. The first-order chi connectivity index (χ1) is 7.62. The molecule has 16 heavy (non-hydrogen) atoms. The summed E-state index contributed by atoms with van der Waals surface area (Å²) < 4.78 is 0. The number of rotatable bonds is 3. The third-order valence-corrected chi connectivity index (χ3v) is 4.94. The highest BCUT2D eigenvalue weighted by Gasteiger charge is 2.38. The molecule has 1 aliphatic heterocycles. The lowest BCUT2D eigenvalue weighted by atomic mass is 9.80. The van der Waals surface area contributed by atoms with Gasteiger partial charge in [0.05, 0.1) is 0 Å². The lowest BCUT2D eigenvalue weighted by molar-refractivity contribution is -0.141.